The van der Waals surface area contributed by atoms with Crippen LogP contribution in [-0.4, -0.2) is 5.11 Å². The number of rotatable bonds is 2. The second kappa shape index (κ2) is 5.30. The number of aliphatic hydroxyl groups excluding tert-OH is 1. The molecule has 0 saturated carbocycles. The average Bonchev–Trinajstić information content (AvgIpc) is 2.47. The van der Waals surface area contributed by atoms with Gasteiger partial charge in [-0.15, -0.1) is 0 Å². The second-order valence-electron chi connectivity index (χ2n) is 5.42. The lowest BCUT2D eigenvalue weighted by atomic mass is 9.92. The van der Waals surface area contributed by atoms with E-state index in [0.29, 0.717) is 0 Å². The fraction of sp³-hybridized carbons (Fsp3) is 0.158. The molecule has 0 aromatic heterocycles. The maximum Gasteiger partial charge on any atom is 0.123 e. The van der Waals surface area contributed by atoms with Gasteiger partial charge in [0.25, 0.3) is 0 Å². The summed E-state index contributed by atoms with van der Waals surface area (Å²) in [5.41, 5.74) is 3.53. The number of benzene rings is 3. The van der Waals surface area contributed by atoms with E-state index in [1.165, 1.54) is 17.7 Å². The largest absolute Gasteiger partial charge is 0.384 e. The quantitative estimate of drug-likeness (QED) is 0.722. The molecule has 21 heavy (non-hydrogen) atoms. The van der Waals surface area contributed by atoms with Gasteiger partial charge in [0.05, 0.1) is 0 Å². The highest BCUT2D eigenvalue weighted by Crippen LogP contribution is 2.32. The molecular formula is C19H17FO. The molecular weight excluding hydrogens is 263 g/mol. The number of hydrogen-bond acceptors (Lipinski definition) is 1. The van der Waals surface area contributed by atoms with Crippen LogP contribution >= 0.6 is 0 Å². The molecule has 3 aromatic carbocycles. The molecule has 0 aliphatic rings. The van der Waals surface area contributed by atoms with Crippen LogP contribution in [0.1, 0.15) is 28.4 Å². The number of aliphatic hydroxyl groups is 1. The first kappa shape index (κ1) is 13.8. The predicted molar refractivity (Wildman–Crippen MR) is 83.9 cm³/mol. The van der Waals surface area contributed by atoms with Gasteiger partial charge in [-0.3, -0.25) is 0 Å². The summed E-state index contributed by atoms with van der Waals surface area (Å²) < 4.78 is 13.2. The summed E-state index contributed by atoms with van der Waals surface area (Å²) in [7, 11) is 0. The lowest BCUT2D eigenvalue weighted by Gasteiger charge is -2.17. The van der Waals surface area contributed by atoms with Gasteiger partial charge in [-0.05, 0) is 59.0 Å². The van der Waals surface area contributed by atoms with Gasteiger partial charge in [-0.1, -0.05) is 42.5 Å². The van der Waals surface area contributed by atoms with E-state index in [4.69, 9.17) is 0 Å². The third-order valence-corrected chi connectivity index (χ3v) is 4.00. The molecule has 2 heteroatoms. The molecule has 1 N–H and O–H groups in total. The van der Waals surface area contributed by atoms with Crippen molar-refractivity contribution in [3.05, 3.63) is 82.7 Å². The summed E-state index contributed by atoms with van der Waals surface area (Å²) in [6.07, 6.45) is -0.754. The van der Waals surface area contributed by atoms with E-state index >= 15 is 0 Å². The zero-order valence-electron chi connectivity index (χ0n) is 12.1. The van der Waals surface area contributed by atoms with Crippen LogP contribution in [-0.2, 0) is 0 Å². The summed E-state index contributed by atoms with van der Waals surface area (Å²) in [6.45, 7) is 3.87. The van der Waals surface area contributed by atoms with Gasteiger partial charge in [0, 0.05) is 0 Å². The zero-order chi connectivity index (χ0) is 15.0. The van der Waals surface area contributed by atoms with Crippen molar-refractivity contribution < 1.29 is 9.50 Å². The Hall–Kier alpha value is -2.19. The minimum Gasteiger partial charge on any atom is -0.384 e. The Morgan fingerprint density at radius 3 is 2.19 bits per heavy atom. The minimum absolute atomic E-state index is 0.280. The van der Waals surface area contributed by atoms with E-state index in [-0.39, 0.29) is 5.82 Å². The lowest BCUT2D eigenvalue weighted by Crippen LogP contribution is -2.03. The highest BCUT2D eigenvalue weighted by atomic mass is 19.1. The van der Waals surface area contributed by atoms with Crippen LogP contribution in [0.2, 0.25) is 0 Å². The first-order chi connectivity index (χ1) is 10.1. The van der Waals surface area contributed by atoms with Crippen LogP contribution in [0.25, 0.3) is 10.8 Å². The van der Waals surface area contributed by atoms with Crippen molar-refractivity contribution in [1.29, 1.82) is 0 Å². The van der Waals surface area contributed by atoms with Crippen molar-refractivity contribution in [3.63, 3.8) is 0 Å². The van der Waals surface area contributed by atoms with Crippen molar-refractivity contribution in [3.8, 4) is 0 Å². The maximum absolute atomic E-state index is 13.2. The normalized spacial score (nSPS) is 12.6. The van der Waals surface area contributed by atoms with E-state index in [2.05, 4.69) is 13.0 Å². The minimum atomic E-state index is -0.754. The summed E-state index contributed by atoms with van der Waals surface area (Å²) in [6, 6.07) is 16.5. The van der Waals surface area contributed by atoms with E-state index in [0.717, 1.165) is 27.5 Å². The first-order valence-electron chi connectivity index (χ1n) is 7.00. The number of hydrogen-bond donors (Lipinski definition) is 1. The molecule has 0 heterocycles. The summed E-state index contributed by atoms with van der Waals surface area (Å²) in [4.78, 5) is 0. The standard InChI is InChI=1S/C19H17FO/c1-12-7-9-18(17-6-4-3-5-15(12)17)19(21)16-10-8-14(20)11-13(16)2/h3-11,19,21H,1-2H3. The smallest absolute Gasteiger partial charge is 0.123 e. The Kier molecular flexibility index (Phi) is 3.48. The van der Waals surface area contributed by atoms with Gasteiger partial charge < -0.3 is 5.11 Å². The van der Waals surface area contributed by atoms with Crippen molar-refractivity contribution in [2.24, 2.45) is 0 Å². The zero-order valence-corrected chi connectivity index (χ0v) is 12.1. The van der Waals surface area contributed by atoms with Gasteiger partial charge in [0.1, 0.15) is 11.9 Å². The molecule has 0 amide bonds. The van der Waals surface area contributed by atoms with Gasteiger partial charge in [0.2, 0.25) is 0 Å². The molecule has 3 aromatic rings. The summed E-state index contributed by atoms with van der Waals surface area (Å²) in [5.74, 6) is -0.280. The molecule has 0 aliphatic heterocycles. The second-order valence-corrected chi connectivity index (χ2v) is 5.42. The molecule has 0 bridgehead atoms. The lowest BCUT2D eigenvalue weighted by molar-refractivity contribution is 0.221. The van der Waals surface area contributed by atoms with Crippen LogP contribution in [0.5, 0.6) is 0 Å². The molecule has 1 nitrogen and oxygen atoms in total. The van der Waals surface area contributed by atoms with Crippen molar-refractivity contribution in [2.75, 3.05) is 0 Å². The van der Waals surface area contributed by atoms with Crippen LogP contribution in [0.4, 0.5) is 4.39 Å². The van der Waals surface area contributed by atoms with Crippen LogP contribution in [0.15, 0.2) is 54.6 Å². The molecule has 106 valence electrons. The molecule has 0 aliphatic carbocycles. The molecule has 0 radical (unpaired) electrons. The highest BCUT2D eigenvalue weighted by molar-refractivity contribution is 5.89. The van der Waals surface area contributed by atoms with Crippen LogP contribution < -0.4 is 0 Å². The highest BCUT2D eigenvalue weighted by Gasteiger charge is 2.16. The van der Waals surface area contributed by atoms with Gasteiger partial charge in [0.15, 0.2) is 0 Å². The summed E-state index contributed by atoms with van der Waals surface area (Å²) in [5, 5.41) is 12.9. The Labute approximate surface area is 123 Å². The molecule has 0 fully saturated rings. The molecule has 1 atom stereocenters. The first-order valence-corrected chi connectivity index (χ1v) is 7.00. The Balaban J connectivity index is 2.18. The van der Waals surface area contributed by atoms with Gasteiger partial charge in [-0.25, -0.2) is 4.39 Å². The summed E-state index contributed by atoms with van der Waals surface area (Å²) >= 11 is 0. The molecule has 3 rings (SSSR count). The van der Waals surface area contributed by atoms with Gasteiger partial charge >= 0.3 is 0 Å². The maximum atomic E-state index is 13.2. The molecule has 0 saturated heterocycles. The van der Waals surface area contributed by atoms with Gasteiger partial charge in [-0.2, -0.15) is 0 Å². The topological polar surface area (TPSA) is 20.2 Å². The third-order valence-electron chi connectivity index (χ3n) is 4.00. The Morgan fingerprint density at radius 2 is 1.48 bits per heavy atom. The van der Waals surface area contributed by atoms with Crippen molar-refractivity contribution >= 4 is 10.8 Å². The Bertz CT molecular complexity index is 808. The molecule has 1 unspecified atom stereocenters. The third kappa shape index (κ3) is 2.43. The van der Waals surface area contributed by atoms with Crippen molar-refractivity contribution in [1.82, 2.24) is 0 Å². The Morgan fingerprint density at radius 1 is 0.810 bits per heavy atom. The van der Waals surface area contributed by atoms with E-state index < -0.39 is 6.10 Å². The fourth-order valence-electron chi connectivity index (χ4n) is 2.82. The SMILES string of the molecule is Cc1cc(F)ccc1C(O)c1ccc(C)c2ccccc12. The van der Waals surface area contributed by atoms with Crippen molar-refractivity contribution in [2.45, 2.75) is 20.0 Å². The van der Waals surface area contributed by atoms with Crippen LogP contribution in [0.3, 0.4) is 0 Å². The number of fused-ring (bicyclic) bond motifs is 1. The monoisotopic (exact) mass is 280 g/mol. The van der Waals surface area contributed by atoms with E-state index in [9.17, 15) is 9.50 Å². The van der Waals surface area contributed by atoms with Crippen LogP contribution in [0, 0.1) is 19.7 Å². The fourth-order valence-corrected chi connectivity index (χ4v) is 2.82. The predicted octanol–water partition coefficient (Wildman–Crippen LogP) is 4.68. The number of aryl methyl sites for hydroxylation is 2. The number of halogens is 1. The average molecular weight is 280 g/mol. The molecule has 0 spiro atoms. The van der Waals surface area contributed by atoms with E-state index in [1.54, 1.807) is 6.07 Å². The van der Waals surface area contributed by atoms with E-state index in [1.807, 2.05) is 37.3 Å².